The van der Waals surface area contributed by atoms with E-state index in [4.69, 9.17) is 0 Å². The lowest BCUT2D eigenvalue weighted by molar-refractivity contribution is 0.0721. The molecule has 0 radical (unpaired) electrons. The molecule has 122 valence electrons. The van der Waals surface area contributed by atoms with Crippen LogP contribution in [-0.2, 0) is 6.54 Å². The van der Waals surface area contributed by atoms with E-state index in [1.165, 1.54) is 0 Å². The Morgan fingerprint density at radius 3 is 2.67 bits per heavy atom. The first kappa shape index (κ1) is 14.6. The first-order valence-corrected chi connectivity index (χ1v) is 8.05. The van der Waals surface area contributed by atoms with Crippen molar-refractivity contribution in [2.45, 2.75) is 25.4 Å². The van der Waals surface area contributed by atoms with Gasteiger partial charge in [-0.3, -0.25) is 14.0 Å². The molecule has 0 spiro atoms. The van der Waals surface area contributed by atoms with E-state index in [0.717, 1.165) is 31.6 Å². The summed E-state index contributed by atoms with van der Waals surface area (Å²) in [4.78, 5) is 14.8. The highest BCUT2D eigenvalue weighted by atomic mass is 16.2. The summed E-state index contributed by atoms with van der Waals surface area (Å²) >= 11 is 0. The third-order valence-electron chi connectivity index (χ3n) is 4.43. The van der Waals surface area contributed by atoms with Gasteiger partial charge in [-0.05, 0) is 43.2 Å². The molecule has 1 aliphatic heterocycles. The van der Waals surface area contributed by atoms with E-state index in [0.29, 0.717) is 5.56 Å². The maximum absolute atomic E-state index is 12.8. The van der Waals surface area contributed by atoms with Gasteiger partial charge in [-0.2, -0.15) is 5.10 Å². The summed E-state index contributed by atoms with van der Waals surface area (Å²) in [5.41, 5.74) is 1.64. The maximum atomic E-state index is 12.8. The van der Waals surface area contributed by atoms with Crippen molar-refractivity contribution >= 4 is 5.91 Å². The van der Waals surface area contributed by atoms with Crippen molar-refractivity contribution in [3.05, 3.63) is 60.9 Å². The second kappa shape index (κ2) is 6.27. The quantitative estimate of drug-likeness (QED) is 0.734. The molecule has 3 heterocycles. The fourth-order valence-corrected chi connectivity index (χ4v) is 3.19. The first-order valence-electron chi connectivity index (χ1n) is 8.05. The number of rotatable bonds is 4. The van der Waals surface area contributed by atoms with Gasteiger partial charge < -0.3 is 4.90 Å². The van der Waals surface area contributed by atoms with Crippen molar-refractivity contribution in [3.63, 3.8) is 0 Å². The van der Waals surface area contributed by atoms with Crippen molar-refractivity contribution in [2.75, 3.05) is 6.54 Å². The molecular weight excluding hydrogens is 304 g/mol. The van der Waals surface area contributed by atoms with E-state index in [1.807, 2.05) is 50.7 Å². The van der Waals surface area contributed by atoms with Crippen molar-refractivity contribution in [2.24, 2.45) is 0 Å². The molecule has 3 aromatic rings. The topological polar surface area (TPSA) is 68.8 Å². The van der Waals surface area contributed by atoms with Crippen molar-refractivity contribution < 1.29 is 4.79 Å². The van der Waals surface area contributed by atoms with Gasteiger partial charge in [0, 0.05) is 30.2 Å². The van der Waals surface area contributed by atoms with Crippen LogP contribution in [0.4, 0.5) is 0 Å². The van der Waals surface area contributed by atoms with Gasteiger partial charge in [0.2, 0.25) is 0 Å². The van der Waals surface area contributed by atoms with E-state index in [9.17, 15) is 4.79 Å². The molecule has 7 nitrogen and oxygen atoms in total. The van der Waals surface area contributed by atoms with Gasteiger partial charge in [0.25, 0.3) is 5.91 Å². The van der Waals surface area contributed by atoms with Crippen LogP contribution in [0.25, 0.3) is 5.69 Å². The molecule has 0 N–H and O–H groups in total. The zero-order valence-electron chi connectivity index (χ0n) is 13.2. The lowest BCUT2D eigenvalue weighted by Crippen LogP contribution is -2.38. The molecule has 24 heavy (non-hydrogen) atoms. The number of aromatic nitrogens is 5. The highest BCUT2D eigenvalue weighted by Gasteiger charge is 2.29. The van der Waals surface area contributed by atoms with Crippen LogP contribution in [-0.4, -0.2) is 47.9 Å². The maximum Gasteiger partial charge on any atom is 0.254 e. The van der Waals surface area contributed by atoms with Gasteiger partial charge in [0.1, 0.15) is 12.7 Å². The van der Waals surface area contributed by atoms with Crippen LogP contribution in [0.1, 0.15) is 23.2 Å². The highest BCUT2D eigenvalue weighted by molar-refractivity contribution is 5.94. The second-order valence-corrected chi connectivity index (χ2v) is 5.94. The molecule has 1 aliphatic rings. The summed E-state index contributed by atoms with van der Waals surface area (Å²) in [6.07, 6.45) is 9.04. The fourth-order valence-electron chi connectivity index (χ4n) is 3.19. The Morgan fingerprint density at radius 2 is 1.96 bits per heavy atom. The largest absolute Gasteiger partial charge is 0.334 e. The Hall–Kier alpha value is -2.96. The third-order valence-corrected chi connectivity index (χ3v) is 4.43. The van der Waals surface area contributed by atoms with E-state index in [-0.39, 0.29) is 11.9 Å². The van der Waals surface area contributed by atoms with Crippen molar-refractivity contribution in [1.82, 2.24) is 29.4 Å². The monoisotopic (exact) mass is 322 g/mol. The van der Waals surface area contributed by atoms with E-state index < -0.39 is 0 Å². The van der Waals surface area contributed by atoms with Crippen LogP contribution < -0.4 is 0 Å². The minimum Gasteiger partial charge on any atom is -0.334 e. The summed E-state index contributed by atoms with van der Waals surface area (Å²) in [5.74, 6) is 0.0833. The van der Waals surface area contributed by atoms with E-state index >= 15 is 0 Å². The van der Waals surface area contributed by atoms with Crippen LogP contribution in [0.15, 0.2) is 55.4 Å². The summed E-state index contributed by atoms with van der Waals surface area (Å²) in [6, 6.07) is 9.66. The van der Waals surface area contributed by atoms with Crippen molar-refractivity contribution in [1.29, 1.82) is 0 Å². The number of carbonyl (C=O) groups excluding carboxylic acids is 1. The number of hydrogen-bond acceptors (Lipinski definition) is 4. The van der Waals surface area contributed by atoms with Crippen LogP contribution >= 0.6 is 0 Å². The standard InChI is InChI=1S/C17H18N6O/c24-17(14-4-6-15(7-5-14)21-12-18-19-13-21)23-10-1-3-16(23)11-22-9-2-8-20-22/h2,4-9,12-13,16H,1,3,10-11H2. The third kappa shape index (κ3) is 2.80. The van der Waals surface area contributed by atoms with Crippen LogP contribution in [0.2, 0.25) is 0 Å². The molecule has 1 saturated heterocycles. The minimum absolute atomic E-state index is 0.0833. The molecule has 1 atom stereocenters. The predicted octanol–water partition coefficient (Wildman–Crippen LogP) is 1.77. The van der Waals surface area contributed by atoms with Crippen LogP contribution in [0.5, 0.6) is 0 Å². The number of amides is 1. The van der Waals surface area contributed by atoms with Gasteiger partial charge in [0.05, 0.1) is 12.6 Å². The molecule has 1 aromatic carbocycles. The molecule has 4 rings (SSSR count). The van der Waals surface area contributed by atoms with E-state index in [2.05, 4.69) is 15.3 Å². The SMILES string of the molecule is O=C(c1ccc(-n2cnnc2)cc1)N1CCCC1Cn1cccn1. The number of carbonyl (C=O) groups is 1. The van der Waals surface area contributed by atoms with E-state index in [1.54, 1.807) is 18.9 Å². The van der Waals surface area contributed by atoms with Crippen LogP contribution in [0, 0.1) is 0 Å². The Kier molecular flexibility index (Phi) is 3.82. The first-order chi connectivity index (χ1) is 11.8. The van der Waals surface area contributed by atoms with Crippen molar-refractivity contribution in [3.8, 4) is 5.69 Å². The molecule has 7 heteroatoms. The summed E-state index contributed by atoms with van der Waals surface area (Å²) < 4.78 is 3.70. The average Bonchev–Trinajstić information content (AvgIpc) is 3.37. The molecule has 0 saturated carbocycles. The molecule has 1 amide bonds. The molecule has 0 bridgehead atoms. The number of nitrogens with zero attached hydrogens (tertiary/aromatic N) is 6. The molecular formula is C17H18N6O. The number of benzene rings is 1. The Morgan fingerprint density at radius 1 is 1.17 bits per heavy atom. The number of hydrogen-bond donors (Lipinski definition) is 0. The zero-order valence-corrected chi connectivity index (χ0v) is 13.2. The second-order valence-electron chi connectivity index (χ2n) is 5.94. The summed E-state index contributed by atoms with van der Waals surface area (Å²) in [7, 11) is 0. The summed E-state index contributed by atoms with van der Waals surface area (Å²) in [6.45, 7) is 1.55. The normalized spacial score (nSPS) is 17.3. The van der Waals surface area contributed by atoms with Gasteiger partial charge in [-0.1, -0.05) is 0 Å². The van der Waals surface area contributed by atoms with Crippen LogP contribution in [0.3, 0.4) is 0 Å². The highest BCUT2D eigenvalue weighted by Crippen LogP contribution is 2.22. The molecule has 2 aromatic heterocycles. The Bertz CT molecular complexity index is 794. The number of likely N-dealkylation sites (tertiary alicyclic amines) is 1. The Labute approximate surface area is 139 Å². The molecule has 1 fully saturated rings. The molecule has 1 unspecified atom stereocenters. The summed E-state index contributed by atoms with van der Waals surface area (Å²) in [5, 5.41) is 11.8. The Balaban J connectivity index is 1.50. The smallest absolute Gasteiger partial charge is 0.254 e. The average molecular weight is 322 g/mol. The molecule has 0 aliphatic carbocycles. The lowest BCUT2D eigenvalue weighted by Gasteiger charge is -2.25. The zero-order chi connectivity index (χ0) is 16.4. The van der Waals surface area contributed by atoms with Gasteiger partial charge in [-0.15, -0.1) is 10.2 Å². The fraction of sp³-hybridized carbons (Fsp3) is 0.294. The van der Waals surface area contributed by atoms with Gasteiger partial charge in [-0.25, -0.2) is 0 Å². The lowest BCUT2D eigenvalue weighted by atomic mass is 10.1. The van der Waals surface area contributed by atoms with Gasteiger partial charge >= 0.3 is 0 Å². The minimum atomic E-state index is 0.0833. The van der Waals surface area contributed by atoms with Gasteiger partial charge in [0.15, 0.2) is 0 Å². The predicted molar refractivity (Wildman–Crippen MR) is 87.6 cm³/mol.